The smallest absolute Gasteiger partial charge is 0.508 e. The predicted octanol–water partition coefficient (Wildman–Crippen LogP) is 2.80. The summed E-state index contributed by atoms with van der Waals surface area (Å²) in [5.41, 5.74) is 0.966. The molecule has 0 spiro atoms. The number of hydrogen-bond donors (Lipinski definition) is 5. The van der Waals surface area contributed by atoms with Gasteiger partial charge in [-0.25, -0.2) is 4.57 Å². The first kappa shape index (κ1) is 18.3. The van der Waals surface area contributed by atoms with Gasteiger partial charge in [-0.1, -0.05) is 19.1 Å². The van der Waals surface area contributed by atoms with E-state index in [1.807, 2.05) is 6.92 Å². The minimum absolute atomic E-state index is 0.115. The minimum Gasteiger partial charge on any atom is -0.508 e. The van der Waals surface area contributed by atoms with Crippen LogP contribution in [-0.4, -0.2) is 25.1 Å². The van der Waals surface area contributed by atoms with Crippen LogP contribution in [0.5, 0.6) is 17.2 Å². The topological polar surface area (TPSA) is 127 Å². The van der Waals surface area contributed by atoms with E-state index >= 15 is 0 Å². The SMILES string of the molecule is CC(CC(O)c1ccc(O)cc1OP(=O)(O)O)c1cccc(O)c1. The molecule has 0 saturated carbocycles. The van der Waals surface area contributed by atoms with Gasteiger partial charge in [0.2, 0.25) is 0 Å². The van der Waals surface area contributed by atoms with Crippen molar-refractivity contribution in [1.29, 1.82) is 0 Å². The lowest BCUT2D eigenvalue weighted by molar-refractivity contribution is 0.156. The first-order valence-corrected chi connectivity index (χ1v) is 8.74. The summed E-state index contributed by atoms with van der Waals surface area (Å²) in [5, 5.41) is 29.4. The van der Waals surface area contributed by atoms with Crippen molar-refractivity contribution in [3.8, 4) is 17.2 Å². The fraction of sp³-hybridized carbons (Fsp3) is 0.250. The molecule has 0 aliphatic rings. The van der Waals surface area contributed by atoms with Crippen LogP contribution in [-0.2, 0) is 4.57 Å². The third-order valence-electron chi connectivity index (χ3n) is 3.59. The second kappa shape index (κ2) is 7.23. The highest BCUT2D eigenvalue weighted by molar-refractivity contribution is 7.46. The molecule has 0 radical (unpaired) electrons. The molecule has 2 aromatic carbocycles. The van der Waals surface area contributed by atoms with E-state index in [4.69, 9.17) is 9.79 Å². The molecule has 0 amide bonds. The van der Waals surface area contributed by atoms with Crippen LogP contribution in [0.1, 0.15) is 36.5 Å². The van der Waals surface area contributed by atoms with E-state index in [0.29, 0.717) is 0 Å². The second-order valence-electron chi connectivity index (χ2n) is 5.55. The Hall–Kier alpha value is -2.05. The lowest BCUT2D eigenvalue weighted by Crippen LogP contribution is -2.06. The lowest BCUT2D eigenvalue weighted by atomic mass is 9.92. The van der Waals surface area contributed by atoms with E-state index < -0.39 is 13.9 Å². The Morgan fingerprint density at radius 2 is 1.75 bits per heavy atom. The number of aliphatic hydroxyl groups excluding tert-OH is 1. The summed E-state index contributed by atoms with van der Waals surface area (Å²) in [6.07, 6.45) is -0.851. The van der Waals surface area contributed by atoms with Crippen LogP contribution in [0.25, 0.3) is 0 Å². The zero-order chi connectivity index (χ0) is 17.9. The van der Waals surface area contributed by atoms with E-state index in [1.54, 1.807) is 24.3 Å². The zero-order valence-electron chi connectivity index (χ0n) is 12.9. The summed E-state index contributed by atoms with van der Waals surface area (Å²) in [7, 11) is -4.83. The van der Waals surface area contributed by atoms with Crippen molar-refractivity contribution in [2.45, 2.75) is 25.4 Å². The number of phosphoric acid groups is 1. The molecule has 24 heavy (non-hydrogen) atoms. The molecule has 0 saturated heterocycles. The maximum atomic E-state index is 11.0. The van der Waals surface area contributed by atoms with Crippen molar-refractivity contribution in [3.05, 3.63) is 53.6 Å². The monoisotopic (exact) mass is 354 g/mol. The Labute approximate surface area is 139 Å². The molecule has 0 heterocycles. The summed E-state index contributed by atoms with van der Waals surface area (Å²) in [6, 6.07) is 10.3. The molecule has 0 aromatic heterocycles. The second-order valence-corrected chi connectivity index (χ2v) is 6.72. The van der Waals surface area contributed by atoms with Gasteiger partial charge >= 0.3 is 7.82 Å². The Morgan fingerprint density at radius 3 is 2.38 bits per heavy atom. The van der Waals surface area contributed by atoms with Crippen LogP contribution in [0.3, 0.4) is 0 Å². The van der Waals surface area contributed by atoms with Crippen LogP contribution < -0.4 is 4.52 Å². The van der Waals surface area contributed by atoms with E-state index in [0.717, 1.165) is 11.6 Å². The zero-order valence-corrected chi connectivity index (χ0v) is 13.8. The van der Waals surface area contributed by atoms with Gasteiger partial charge in [-0.2, -0.15) is 0 Å². The number of hydrogen-bond acceptors (Lipinski definition) is 5. The molecule has 2 unspecified atom stereocenters. The lowest BCUT2D eigenvalue weighted by Gasteiger charge is -2.20. The van der Waals surface area contributed by atoms with Gasteiger partial charge in [0.1, 0.15) is 17.2 Å². The van der Waals surface area contributed by atoms with Gasteiger partial charge in [-0.05, 0) is 42.2 Å². The third kappa shape index (κ3) is 4.97. The highest BCUT2D eigenvalue weighted by Gasteiger charge is 2.23. The molecule has 2 aromatic rings. The molecular formula is C16H19O7P. The molecule has 2 atom stereocenters. The predicted molar refractivity (Wildman–Crippen MR) is 86.9 cm³/mol. The van der Waals surface area contributed by atoms with Gasteiger partial charge < -0.3 is 19.8 Å². The standard InChI is InChI=1S/C16H19O7P/c1-10(11-3-2-4-12(17)8-11)7-15(19)14-6-5-13(18)9-16(14)23-24(20,21)22/h2-6,8-10,15,17-19H,7H2,1H3,(H2,20,21,22). The van der Waals surface area contributed by atoms with Crippen molar-refractivity contribution in [1.82, 2.24) is 0 Å². The molecule has 0 fully saturated rings. The number of rotatable bonds is 6. The summed E-state index contributed by atoms with van der Waals surface area (Å²) in [5.74, 6) is -0.540. The summed E-state index contributed by atoms with van der Waals surface area (Å²) in [6.45, 7) is 1.85. The molecule has 2 rings (SSSR count). The van der Waals surface area contributed by atoms with Gasteiger partial charge in [0, 0.05) is 11.6 Å². The van der Waals surface area contributed by atoms with Gasteiger partial charge in [0.25, 0.3) is 0 Å². The van der Waals surface area contributed by atoms with Crippen LogP contribution >= 0.6 is 7.82 Å². The quantitative estimate of drug-likeness (QED) is 0.505. The fourth-order valence-corrected chi connectivity index (χ4v) is 2.85. The van der Waals surface area contributed by atoms with Crippen molar-refractivity contribution < 1.29 is 34.2 Å². The normalized spacial score (nSPS) is 14.2. The van der Waals surface area contributed by atoms with E-state index in [2.05, 4.69) is 4.52 Å². The van der Waals surface area contributed by atoms with Gasteiger partial charge in [0.05, 0.1) is 6.10 Å². The minimum atomic E-state index is -4.83. The molecule has 130 valence electrons. The molecule has 0 bridgehead atoms. The van der Waals surface area contributed by atoms with Crippen LogP contribution in [0.15, 0.2) is 42.5 Å². The van der Waals surface area contributed by atoms with Crippen LogP contribution in [0.2, 0.25) is 0 Å². The van der Waals surface area contributed by atoms with Crippen molar-refractivity contribution >= 4 is 7.82 Å². The first-order valence-electron chi connectivity index (χ1n) is 7.21. The molecular weight excluding hydrogens is 335 g/mol. The first-order chi connectivity index (χ1) is 11.2. The number of phenolic OH excluding ortho intramolecular Hbond substituents is 2. The van der Waals surface area contributed by atoms with Crippen LogP contribution in [0.4, 0.5) is 0 Å². The molecule has 0 aliphatic heterocycles. The van der Waals surface area contributed by atoms with E-state index in [-0.39, 0.29) is 35.2 Å². The van der Waals surface area contributed by atoms with Crippen molar-refractivity contribution in [2.75, 3.05) is 0 Å². The van der Waals surface area contributed by atoms with Crippen molar-refractivity contribution in [3.63, 3.8) is 0 Å². The highest BCUT2D eigenvalue weighted by Crippen LogP contribution is 2.43. The maximum absolute atomic E-state index is 11.0. The van der Waals surface area contributed by atoms with Gasteiger partial charge in [-0.3, -0.25) is 9.79 Å². The Kier molecular flexibility index (Phi) is 5.51. The third-order valence-corrected chi connectivity index (χ3v) is 4.02. The average molecular weight is 354 g/mol. The largest absolute Gasteiger partial charge is 0.524 e. The van der Waals surface area contributed by atoms with E-state index in [1.165, 1.54) is 12.1 Å². The van der Waals surface area contributed by atoms with E-state index in [9.17, 15) is 19.9 Å². The Bertz CT molecular complexity index is 756. The Balaban J connectivity index is 2.23. The van der Waals surface area contributed by atoms with Crippen LogP contribution in [0, 0.1) is 0 Å². The fourth-order valence-electron chi connectivity index (χ4n) is 2.43. The highest BCUT2D eigenvalue weighted by atomic mass is 31.2. The summed E-state index contributed by atoms with van der Waals surface area (Å²) >= 11 is 0. The number of benzene rings is 2. The molecule has 0 aliphatic carbocycles. The Morgan fingerprint density at radius 1 is 1.08 bits per heavy atom. The number of phosphoric ester groups is 1. The average Bonchev–Trinajstić information content (AvgIpc) is 2.45. The van der Waals surface area contributed by atoms with Crippen molar-refractivity contribution in [2.24, 2.45) is 0 Å². The molecule has 5 N–H and O–H groups in total. The number of aromatic hydroxyl groups is 2. The number of phenols is 2. The maximum Gasteiger partial charge on any atom is 0.524 e. The number of aliphatic hydroxyl groups is 1. The summed E-state index contributed by atoms with van der Waals surface area (Å²) < 4.78 is 15.6. The summed E-state index contributed by atoms with van der Waals surface area (Å²) in [4.78, 5) is 17.9. The molecule has 7 nitrogen and oxygen atoms in total. The molecule has 8 heteroatoms. The van der Waals surface area contributed by atoms with Gasteiger partial charge in [0.15, 0.2) is 0 Å². The van der Waals surface area contributed by atoms with Gasteiger partial charge in [-0.15, -0.1) is 0 Å².